The van der Waals surface area contributed by atoms with E-state index in [9.17, 15) is 0 Å². The van der Waals surface area contributed by atoms with Crippen molar-refractivity contribution in [1.82, 2.24) is 0 Å². The van der Waals surface area contributed by atoms with Crippen LogP contribution in [-0.2, 0) is 7.05 Å². The monoisotopic (exact) mass is 533 g/mol. The molecule has 0 N–H and O–H groups in total. The molecule has 6 aromatic rings. The standard InChI is InChI=1S/C38H33N2O/c1-25-31-19-11-12-20-32(31)36(40(29-15-5-3-6-16-29)30-17-7-4-8-18-30)38-34(25)37-35-27(21-22-39(37)2)23-28(24-33(35)41-38)26-13-9-10-14-26/h3-8,11-12,15-24,26H,9-10,13-14H2,1-2H3/q+1. The number of anilines is 3. The third-order valence-electron chi connectivity index (χ3n) is 9.15. The van der Waals surface area contributed by atoms with Crippen LogP contribution in [0.3, 0.4) is 0 Å². The molecule has 0 spiro atoms. The molecule has 3 nitrogen and oxygen atoms in total. The van der Waals surface area contributed by atoms with Crippen LogP contribution in [0.15, 0.2) is 109 Å². The van der Waals surface area contributed by atoms with Crippen molar-refractivity contribution >= 4 is 38.6 Å². The summed E-state index contributed by atoms with van der Waals surface area (Å²) in [5, 5.41) is 4.89. The molecule has 1 aromatic heterocycles. The summed E-state index contributed by atoms with van der Waals surface area (Å²) in [7, 11) is 2.17. The van der Waals surface area contributed by atoms with Gasteiger partial charge in [-0.2, -0.15) is 0 Å². The molecule has 5 aromatic carbocycles. The minimum Gasteiger partial charge on any atom is -0.453 e. The summed E-state index contributed by atoms with van der Waals surface area (Å²) in [5.41, 5.74) is 8.34. The van der Waals surface area contributed by atoms with Crippen LogP contribution in [0.5, 0.6) is 11.5 Å². The van der Waals surface area contributed by atoms with Crippen LogP contribution in [0.1, 0.15) is 42.7 Å². The molecule has 1 fully saturated rings. The first-order chi connectivity index (χ1) is 20.2. The Morgan fingerprint density at radius 1 is 0.756 bits per heavy atom. The predicted octanol–water partition coefficient (Wildman–Crippen LogP) is 10.0. The summed E-state index contributed by atoms with van der Waals surface area (Å²) < 4.78 is 9.47. The van der Waals surface area contributed by atoms with Gasteiger partial charge in [-0.05, 0) is 77.9 Å². The number of hydrogen-bond acceptors (Lipinski definition) is 2. The number of pyridine rings is 1. The first kappa shape index (κ1) is 24.2. The molecule has 200 valence electrons. The Bertz CT molecular complexity index is 1900. The largest absolute Gasteiger partial charge is 0.453 e. The highest BCUT2D eigenvalue weighted by Crippen LogP contribution is 2.56. The number of para-hydroxylation sites is 2. The highest BCUT2D eigenvalue weighted by atomic mass is 16.5. The number of nitrogens with zero attached hydrogens (tertiary/aromatic N) is 2. The SMILES string of the molecule is Cc1c2c(c(N(c3ccccc3)c3ccccc3)c3ccccc13)Oc1cc(C3CCCC3)cc3cc[n+](C)c-2c13. The zero-order valence-corrected chi connectivity index (χ0v) is 23.6. The summed E-state index contributed by atoms with van der Waals surface area (Å²) in [6.45, 7) is 2.25. The maximum absolute atomic E-state index is 7.19. The predicted molar refractivity (Wildman–Crippen MR) is 169 cm³/mol. The van der Waals surface area contributed by atoms with Gasteiger partial charge in [0.15, 0.2) is 11.9 Å². The van der Waals surface area contributed by atoms with Crippen LogP contribution in [0.4, 0.5) is 17.1 Å². The molecular weight excluding hydrogens is 500 g/mol. The highest BCUT2D eigenvalue weighted by Gasteiger charge is 2.35. The molecule has 8 rings (SSSR count). The number of ether oxygens (including phenoxy) is 1. The fraction of sp³-hybridized carbons (Fsp3) is 0.184. The van der Waals surface area contributed by atoms with E-state index in [1.54, 1.807) is 0 Å². The lowest BCUT2D eigenvalue weighted by molar-refractivity contribution is -0.659. The van der Waals surface area contributed by atoms with Crippen LogP contribution in [-0.4, -0.2) is 0 Å². The van der Waals surface area contributed by atoms with Gasteiger partial charge in [0.2, 0.25) is 5.69 Å². The van der Waals surface area contributed by atoms with Gasteiger partial charge in [0, 0.05) is 22.8 Å². The van der Waals surface area contributed by atoms with Gasteiger partial charge in [0.05, 0.1) is 16.6 Å². The Morgan fingerprint density at radius 3 is 2.07 bits per heavy atom. The van der Waals surface area contributed by atoms with E-state index in [4.69, 9.17) is 4.74 Å². The van der Waals surface area contributed by atoms with E-state index < -0.39 is 0 Å². The van der Waals surface area contributed by atoms with Crippen molar-refractivity contribution in [3.8, 4) is 22.8 Å². The Hall–Kier alpha value is -4.63. The molecule has 0 radical (unpaired) electrons. The number of benzene rings is 5. The molecule has 0 bridgehead atoms. The van der Waals surface area contributed by atoms with E-state index in [0.29, 0.717) is 5.92 Å². The minimum atomic E-state index is 0.612. The number of fused-ring (bicyclic) bond motifs is 3. The molecule has 2 aliphatic rings. The second-order valence-electron chi connectivity index (χ2n) is 11.6. The summed E-state index contributed by atoms with van der Waals surface area (Å²) in [4.78, 5) is 2.37. The molecule has 0 unspecified atom stereocenters. The van der Waals surface area contributed by atoms with Gasteiger partial charge >= 0.3 is 0 Å². The van der Waals surface area contributed by atoms with Gasteiger partial charge in [-0.3, -0.25) is 0 Å². The van der Waals surface area contributed by atoms with E-state index in [1.165, 1.54) is 69.6 Å². The smallest absolute Gasteiger partial charge is 0.228 e. The van der Waals surface area contributed by atoms with E-state index >= 15 is 0 Å². The lowest BCUT2D eigenvalue weighted by Gasteiger charge is -2.32. The van der Waals surface area contributed by atoms with Crippen LogP contribution in [0.25, 0.3) is 32.8 Å². The number of rotatable bonds is 4. The van der Waals surface area contributed by atoms with Crippen molar-refractivity contribution in [3.05, 3.63) is 120 Å². The number of aryl methyl sites for hydroxylation is 2. The Morgan fingerprint density at radius 2 is 1.39 bits per heavy atom. The van der Waals surface area contributed by atoms with Crippen LogP contribution in [0, 0.1) is 6.92 Å². The van der Waals surface area contributed by atoms with Gasteiger partial charge in [0.25, 0.3) is 0 Å². The van der Waals surface area contributed by atoms with Crippen LogP contribution in [0.2, 0.25) is 0 Å². The van der Waals surface area contributed by atoms with E-state index in [1.807, 2.05) is 0 Å². The van der Waals surface area contributed by atoms with Gasteiger partial charge < -0.3 is 9.64 Å². The first-order valence-electron chi connectivity index (χ1n) is 14.8. The highest BCUT2D eigenvalue weighted by molar-refractivity contribution is 6.12. The molecule has 0 atom stereocenters. The first-order valence-corrected chi connectivity index (χ1v) is 14.8. The second-order valence-corrected chi connectivity index (χ2v) is 11.6. The van der Waals surface area contributed by atoms with Crippen molar-refractivity contribution in [1.29, 1.82) is 0 Å². The van der Waals surface area contributed by atoms with Crippen molar-refractivity contribution in [2.45, 2.75) is 38.5 Å². The summed E-state index contributed by atoms with van der Waals surface area (Å²) >= 11 is 0. The number of hydrogen-bond donors (Lipinski definition) is 0. The molecule has 41 heavy (non-hydrogen) atoms. The van der Waals surface area contributed by atoms with Crippen LogP contribution < -0.4 is 14.2 Å². The van der Waals surface area contributed by atoms with Gasteiger partial charge in [-0.25, -0.2) is 4.57 Å². The summed E-state index contributed by atoms with van der Waals surface area (Å²) in [6, 6.07) is 37.1. The Kier molecular flexibility index (Phi) is 5.60. The van der Waals surface area contributed by atoms with Gasteiger partial charge in [-0.15, -0.1) is 0 Å². The van der Waals surface area contributed by atoms with Crippen molar-refractivity contribution < 1.29 is 9.30 Å². The summed E-state index contributed by atoms with van der Waals surface area (Å²) in [5.74, 6) is 2.51. The third-order valence-corrected chi connectivity index (χ3v) is 9.15. The Balaban J connectivity index is 1.50. The fourth-order valence-corrected chi connectivity index (χ4v) is 7.20. The lowest BCUT2D eigenvalue weighted by atomic mass is 9.88. The van der Waals surface area contributed by atoms with Gasteiger partial charge in [0.1, 0.15) is 12.8 Å². The van der Waals surface area contributed by atoms with E-state index in [2.05, 4.69) is 133 Å². The molecule has 0 amide bonds. The second kappa shape index (κ2) is 9.49. The molecule has 1 aliphatic carbocycles. The van der Waals surface area contributed by atoms with Crippen molar-refractivity contribution in [2.24, 2.45) is 7.05 Å². The normalized spacial score (nSPS) is 14.3. The average Bonchev–Trinajstić information content (AvgIpc) is 3.57. The molecule has 2 heterocycles. The third kappa shape index (κ3) is 3.76. The summed E-state index contributed by atoms with van der Waals surface area (Å²) in [6.07, 6.45) is 7.37. The Labute approximate surface area is 241 Å². The molecule has 3 heteroatoms. The van der Waals surface area contributed by atoms with E-state index in [-0.39, 0.29) is 0 Å². The average molecular weight is 534 g/mol. The maximum atomic E-state index is 7.19. The quantitative estimate of drug-likeness (QED) is 0.209. The van der Waals surface area contributed by atoms with Crippen molar-refractivity contribution in [3.63, 3.8) is 0 Å². The zero-order chi connectivity index (χ0) is 27.5. The van der Waals surface area contributed by atoms with Crippen LogP contribution >= 0.6 is 0 Å². The fourth-order valence-electron chi connectivity index (χ4n) is 7.20. The molecule has 1 aliphatic heterocycles. The lowest BCUT2D eigenvalue weighted by Crippen LogP contribution is -2.32. The van der Waals surface area contributed by atoms with E-state index in [0.717, 1.165) is 28.6 Å². The topological polar surface area (TPSA) is 16.4 Å². The minimum absolute atomic E-state index is 0.612. The number of aromatic nitrogens is 1. The maximum Gasteiger partial charge on any atom is 0.228 e. The van der Waals surface area contributed by atoms with Gasteiger partial charge in [-0.1, -0.05) is 79.6 Å². The van der Waals surface area contributed by atoms with Crippen molar-refractivity contribution in [2.75, 3.05) is 4.90 Å². The zero-order valence-electron chi connectivity index (χ0n) is 23.6. The molecule has 1 saturated carbocycles. The molecule has 0 saturated heterocycles. The molecular formula is C38H33N2O+.